The second-order valence-corrected chi connectivity index (χ2v) is 5.03. The van der Waals surface area contributed by atoms with E-state index in [9.17, 15) is 13.2 Å². The van der Waals surface area contributed by atoms with E-state index in [2.05, 4.69) is 13.8 Å². The van der Waals surface area contributed by atoms with E-state index in [1.807, 2.05) is 0 Å². The number of rotatable bonds is 8. The van der Waals surface area contributed by atoms with Crippen molar-refractivity contribution in [2.45, 2.75) is 70.9 Å². The number of unbranched alkanes of at least 4 members (excludes halogenated alkanes) is 3. The molecule has 1 nitrogen and oxygen atoms in total. The van der Waals surface area contributed by atoms with E-state index >= 15 is 0 Å². The summed E-state index contributed by atoms with van der Waals surface area (Å²) < 4.78 is 42.6. The molecular weight excluding hydrogens is 253 g/mol. The Kier molecular flexibility index (Phi) is 6.46. The molecule has 4 heteroatoms. The first-order valence-corrected chi connectivity index (χ1v) is 7.16. The fourth-order valence-electron chi connectivity index (χ4n) is 2.24. The van der Waals surface area contributed by atoms with E-state index < -0.39 is 11.9 Å². The van der Waals surface area contributed by atoms with E-state index in [1.54, 1.807) is 0 Å². The first-order chi connectivity index (χ1) is 8.99. The third-order valence-corrected chi connectivity index (χ3v) is 3.37. The van der Waals surface area contributed by atoms with Gasteiger partial charge in [0.05, 0.1) is 0 Å². The molecule has 1 atom stereocenters. The fourth-order valence-corrected chi connectivity index (χ4v) is 2.24. The summed E-state index contributed by atoms with van der Waals surface area (Å²) in [5.41, 5.74) is 0. The van der Waals surface area contributed by atoms with Crippen molar-refractivity contribution >= 4 is 0 Å². The number of alkyl halides is 3. The Morgan fingerprint density at radius 1 is 1.00 bits per heavy atom. The summed E-state index contributed by atoms with van der Waals surface area (Å²) in [6, 6.07) is 2.54. The van der Waals surface area contributed by atoms with Crippen LogP contribution in [0.5, 0.6) is 0 Å². The minimum absolute atomic E-state index is 0.127. The molecule has 0 radical (unpaired) electrons. The molecule has 19 heavy (non-hydrogen) atoms. The van der Waals surface area contributed by atoms with Gasteiger partial charge in [0.25, 0.3) is 0 Å². The monoisotopic (exact) mass is 276 g/mol. The van der Waals surface area contributed by atoms with Gasteiger partial charge in [-0.2, -0.15) is 13.2 Å². The summed E-state index contributed by atoms with van der Waals surface area (Å²) in [5.74, 6) is -0.251. The average molecular weight is 276 g/mol. The molecule has 0 aliphatic rings. The van der Waals surface area contributed by atoms with Gasteiger partial charge in [0, 0.05) is 5.92 Å². The van der Waals surface area contributed by atoms with E-state index in [4.69, 9.17) is 4.42 Å². The van der Waals surface area contributed by atoms with Crippen molar-refractivity contribution in [3.8, 4) is 0 Å². The normalized spacial score (nSPS) is 13.7. The van der Waals surface area contributed by atoms with Crippen LogP contribution in [0.2, 0.25) is 0 Å². The van der Waals surface area contributed by atoms with Crippen molar-refractivity contribution in [3.05, 3.63) is 23.7 Å². The number of hydrogen-bond donors (Lipinski definition) is 0. The van der Waals surface area contributed by atoms with Gasteiger partial charge >= 0.3 is 6.18 Å². The summed E-state index contributed by atoms with van der Waals surface area (Å²) in [6.45, 7) is 4.21. The van der Waals surface area contributed by atoms with Gasteiger partial charge in [0.2, 0.25) is 5.76 Å². The van der Waals surface area contributed by atoms with Crippen molar-refractivity contribution in [2.75, 3.05) is 0 Å². The van der Waals surface area contributed by atoms with Gasteiger partial charge in [-0.3, -0.25) is 0 Å². The summed E-state index contributed by atoms with van der Waals surface area (Å²) >= 11 is 0. The van der Waals surface area contributed by atoms with Crippen LogP contribution in [0.3, 0.4) is 0 Å². The van der Waals surface area contributed by atoms with Gasteiger partial charge in [-0.05, 0) is 25.0 Å². The molecule has 0 bridgehead atoms. The molecule has 0 N–H and O–H groups in total. The van der Waals surface area contributed by atoms with Crippen LogP contribution in [0.1, 0.15) is 76.2 Å². The highest BCUT2D eigenvalue weighted by molar-refractivity contribution is 5.13. The van der Waals surface area contributed by atoms with Gasteiger partial charge in [0.15, 0.2) is 0 Å². The number of halogens is 3. The lowest BCUT2D eigenvalue weighted by Gasteiger charge is -2.14. The third kappa shape index (κ3) is 5.29. The largest absolute Gasteiger partial charge is 0.456 e. The van der Waals surface area contributed by atoms with E-state index in [0.29, 0.717) is 5.76 Å². The van der Waals surface area contributed by atoms with Crippen LogP contribution in [0, 0.1) is 0 Å². The maximum atomic E-state index is 12.5. The predicted octanol–water partition coefficient (Wildman–Crippen LogP) is 6.15. The van der Waals surface area contributed by atoms with Crippen molar-refractivity contribution in [3.63, 3.8) is 0 Å². The smallest absolute Gasteiger partial charge is 0.449 e. The zero-order chi connectivity index (χ0) is 14.3. The zero-order valence-corrected chi connectivity index (χ0v) is 11.7. The molecule has 110 valence electrons. The Bertz CT molecular complexity index is 355. The van der Waals surface area contributed by atoms with Crippen molar-refractivity contribution in [1.82, 2.24) is 0 Å². The van der Waals surface area contributed by atoms with E-state index in [0.717, 1.165) is 51.0 Å². The second kappa shape index (κ2) is 7.61. The fraction of sp³-hybridized carbons (Fsp3) is 0.733. The van der Waals surface area contributed by atoms with Crippen molar-refractivity contribution in [1.29, 1.82) is 0 Å². The van der Waals surface area contributed by atoms with Crippen LogP contribution in [0.15, 0.2) is 16.5 Å². The maximum absolute atomic E-state index is 12.5. The quantitative estimate of drug-likeness (QED) is 0.519. The Labute approximate surface area is 113 Å². The molecule has 0 aromatic carbocycles. The lowest BCUT2D eigenvalue weighted by Crippen LogP contribution is -2.03. The average Bonchev–Trinajstić information content (AvgIpc) is 2.83. The third-order valence-electron chi connectivity index (χ3n) is 3.37. The van der Waals surface area contributed by atoms with E-state index in [-0.39, 0.29) is 5.92 Å². The highest BCUT2D eigenvalue weighted by Gasteiger charge is 2.35. The van der Waals surface area contributed by atoms with Crippen LogP contribution in [0.25, 0.3) is 0 Å². The zero-order valence-electron chi connectivity index (χ0n) is 11.7. The molecule has 1 unspecified atom stereocenters. The molecule has 1 aromatic heterocycles. The Hall–Kier alpha value is -0.930. The first kappa shape index (κ1) is 16.1. The Morgan fingerprint density at radius 3 is 2.16 bits per heavy atom. The molecule has 1 aromatic rings. The molecule has 1 heterocycles. The van der Waals surface area contributed by atoms with Crippen molar-refractivity contribution in [2.24, 2.45) is 0 Å². The Morgan fingerprint density at radius 2 is 1.63 bits per heavy atom. The minimum Gasteiger partial charge on any atom is -0.456 e. The highest BCUT2D eigenvalue weighted by Crippen LogP contribution is 2.35. The summed E-state index contributed by atoms with van der Waals surface area (Å²) in [6.07, 6.45) is 2.81. The van der Waals surface area contributed by atoms with Gasteiger partial charge in [-0.25, -0.2) is 0 Å². The predicted molar refractivity (Wildman–Crippen MR) is 70.1 cm³/mol. The summed E-state index contributed by atoms with van der Waals surface area (Å²) in [5, 5.41) is 0. The SMILES string of the molecule is CCCCCC(CCCC)c1ccc(C(F)(F)F)o1. The van der Waals surface area contributed by atoms with Gasteiger partial charge in [-0.1, -0.05) is 46.0 Å². The first-order valence-electron chi connectivity index (χ1n) is 7.16. The van der Waals surface area contributed by atoms with Crippen molar-refractivity contribution < 1.29 is 17.6 Å². The Balaban J connectivity index is 2.70. The summed E-state index contributed by atoms with van der Waals surface area (Å²) in [4.78, 5) is 0. The summed E-state index contributed by atoms with van der Waals surface area (Å²) in [7, 11) is 0. The van der Waals surface area contributed by atoms with Gasteiger partial charge < -0.3 is 4.42 Å². The molecule has 0 amide bonds. The number of hydrogen-bond acceptors (Lipinski definition) is 1. The molecule has 0 fully saturated rings. The molecule has 0 aliphatic heterocycles. The molecular formula is C15H23F3O. The van der Waals surface area contributed by atoms with Gasteiger partial charge in [-0.15, -0.1) is 0 Å². The highest BCUT2D eigenvalue weighted by atomic mass is 19.4. The van der Waals surface area contributed by atoms with Crippen LogP contribution in [0.4, 0.5) is 13.2 Å². The minimum atomic E-state index is -4.38. The van der Waals surface area contributed by atoms with Crippen LogP contribution in [-0.2, 0) is 6.18 Å². The molecule has 0 aliphatic carbocycles. The standard InChI is InChI=1S/C15H23F3O/c1-3-5-7-9-12(8-6-4-2)13-10-11-14(19-13)15(16,17)18/h10-12H,3-9H2,1-2H3. The second-order valence-electron chi connectivity index (χ2n) is 5.03. The molecule has 0 saturated heterocycles. The van der Waals surface area contributed by atoms with Crippen LogP contribution in [-0.4, -0.2) is 0 Å². The number of furan rings is 1. The van der Waals surface area contributed by atoms with Crippen LogP contribution < -0.4 is 0 Å². The lowest BCUT2D eigenvalue weighted by molar-refractivity contribution is -0.153. The maximum Gasteiger partial charge on any atom is 0.449 e. The molecule has 1 rings (SSSR count). The van der Waals surface area contributed by atoms with Crippen LogP contribution >= 0.6 is 0 Å². The molecule has 0 spiro atoms. The van der Waals surface area contributed by atoms with E-state index in [1.165, 1.54) is 6.07 Å². The topological polar surface area (TPSA) is 13.1 Å². The molecule has 0 saturated carbocycles. The lowest BCUT2D eigenvalue weighted by atomic mass is 9.93. The van der Waals surface area contributed by atoms with Gasteiger partial charge in [0.1, 0.15) is 5.76 Å².